The summed E-state index contributed by atoms with van der Waals surface area (Å²) in [5, 5.41) is 18.4. The van der Waals surface area contributed by atoms with Crippen molar-refractivity contribution in [1.29, 1.82) is 0 Å². The van der Waals surface area contributed by atoms with Crippen molar-refractivity contribution in [2.24, 2.45) is 0 Å². The van der Waals surface area contributed by atoms with Gasteiger partial charge in [0.05, 0.1) is 22.1 Å². The monoisotopic (exact) mass is 527 g/mol. The summed E-state index contributed by atoms with van der Waals surface area (Å²) in [4.78, 5) is 18.1. The highest BCUT2D eigenvalue weighted by Crippen LogP contribution is 2.39. The van der Waals surface area contributed by atoms with Crippen molar-refractivity contribution in [3.63, 3.8) is 0 Å². The Morgan fingerprint density at radius 3 is 2.32 bits per heavy atom. The van der Waals surface area contributed by atoms with E-state index in [0.717, 1.165) is 45.4 Å². The smallest absolute Gasteiger partial charge is 0.450 e. The second-order valence-corrected chi connectivity index (χ2v) is 8.81. The van der Waals surface area contributed by atoms with Gasteiger partial charge in [0.2, 0.25) is 0 Å². The fourth-order valence-electron chi connectivity index (χ4n) is 4.15. The summed E-state index contributed by atoms with van der Waals surface area (Å²) >= 11 is 3.60. The van der Waals surface area contributed by atoms with Gasteiger partial charge in [0, 0.05) is 28.8 Å². The summed E-state index contributed by atoms with van der Waals surface area (Å²) in [5.41, 5.74) is 11.7. The van der Waals surface area contributed by atoms with Gasteiger partial charge in [-0.15, -0.1) is 0 Å². The minimum Gasteiger partial charge on any atom is -0.450 e. The van der Waals surface area contributed by atoms with Crippen LogP contribution in [0, 0.1) is 0 Å². The number of nitrogens with two attached hydrogens (primary N) is 1. The molecular formula is C24H23BrFN5O3. The van der Waals surface area contributed by atoms with Gasteiger partial charge < -0.3 is 15.9 Å². The highest BCUT2D eigenvalue weighted by atomic mass is 79.9. The van der Waals surface area contributed by atoms with E-state index in [1.54, 1.807) is 10.7 Å². The minimum atomic E-state index is -1.83. The van der Waals surface area contributed by atoms with Crippen LogP contribution < -0.4 is 5.73 Å². The first kappa shape index (κ1) is 23.6. The van der Waals surface area contributed by atoms with E-state index in [-0.39, 0.29) is 5.92 Å². The average Bonchev–Trinajstić information content (AvgIpc) is 3.26. The van der Waals surface area contributed by atoms with Gasteiger partial charge in [-0.1, -0.05) is 36.4 Å². The number of benzene rings is 1. The predicted molar refractivity (Wildman–Crippen MR) is 131 cm³/mol. The predicted octanol–water partition coefficient (Wildman–Crippen LogP) is 6.02. The van der Waals surface area contributed by atoms with Crippen LogP contribution in [0.2, 0.25) is 0 Å². The van der Waals surface area contributed by atoms with Crippen LogP contribution in [0.3, 0.4) is 0 Å². The molecule has 0 atom stereocenters. The van der Waals surface area contributed by atoms with Crippen LogP contribution in [0.1, 0.15) is 37.3 Å². The average molecular weight is 528 g/mol. The highest BCUT2D eigenvalue weighted by molar-refractivity contribution is 9.10. The quantitative estimate of drug-likeness (QED) is 0.297. The molecular weight excluding hydrogens is 505 g/mol. The molecule has 4 N–H and O–H groups in total. The third kappa shape index (κ3) is 5.01. The Labute approximate surface area is 203 Å². The fraction of sp³-hybridized carbons (Fsp3) is 0.250. The van der Waals surface area contributed by atoms with Crippen molar-refractivity contribution in [2.45, 2.75) is 37.8 Å². The second-order valence-electron chi connectivity index (χ2n) is 8.02. The Kier molecular flexibility index (Phi) is 7.06. The number of carbonyl (C=O) groups is 1. The summed E-state index contributed by atoms with van der Waals surface area (Å²) in [7, 11) is 0. The molecule has 1 aromatic carbocycles. The molecule has 0 aliphatic heterocycles. The zero-order chi connectivity index (χ0) is 24.2. The van der Waals surface area contributed by atoms with E-state index in [1.165, 1.54) is 0 Å². The van der Waals surface area contributed by atoms with Crippen molar-refractivity contribution in [1.82, 2.24) is 19.6 Å². The van der Waals surface area contributed by atoms with Crippen molar-refractivity contribution >= 4 is 33.6 Å². The molecule has 0 unspecified atom stereocenters. The van der Waals surface area contributed by atoms with Gasteiger partial charge in [-0.05, 0) is 47.7 Å². The van der Waals surface area contributed by atoms with Crippen molar-refractivity contribution < 1.29 is 19.4 Å². The maximum Gasteiger partial charge on any atom is 0.503 e. The molecule has 5 rings (SSSR count). The third-order valence-corrected chi connectivity index (χ3v) is 6.65. The lowest BCUT2D eigenvalue weighted by Gasteiger charge is -2.25. The van der Waals surface area contributed by atoms with E-state index < -0.39 is 12.3 Å². The molecule has 1 saturated carbocycles. The molecule has 8 nitrogen and oxygen atoms in total. The standard InChI is InChI=1S/C23H21BrFN5.CH2O3/c24-20-21(15-6-9-17(25)10-7-15)29-23-18(13-28-30(23)22(20)26)16-8-11-19(27-12-16)14-4-2-1-3-5-14;2-1(3)4/h1-5,8,11-13,15,17H,6-7,9-10,26H2;(H2,2,3,4). The van der Waals surface area contributed by atoms with E-state index in [9.17, 15) is 4.39 Å². The van der Waals surface area contributed by atoms with Gasteiger partial charge in [-0.3, -0.25) is 4.98 Å². The molecule has 1 aliphatic rings. The summed E-state index contributed by atoms with van der Waals surface area (Å²) < 4.78 is 16.0. The minimum absolute atomic E-state index is 0.194. The molecule has 0 amide bonds. The first-order valence-corrected chi connectivity index (χ1v) is 11.5. The van der Waals surface area contributed by atoms with Gasteiger partial charge in [0.1, 0.15) is 12.0 Å². The molecule has 0 spiro atoms. The van der Waals surface area contributed by atoms with Crippen molar-refractivity contribution in [3.05, 3.63) is 65.0 Å². The van der Waals surface area contributed by atoms with E-state index in [1.807, 2.05) is 48.7 Å². The maximum absolute atomic E-state index is 13.6. The van der Waals surface area contributed by atoms with Crippen LogP contribution in [0.5, 0.6) is 0 Å². The summed E-state index contributed by atoms with van der Waals surface area (Å²) in [6.45, 7) is 0. The highest BCUT2D eigenvalue weighted by Gasteiger charge is 2.27. The zero-order valence-electron chi connectivity index (χ0n) is 18.1. The van der Waals surface area contributed by atoms with E-state index in [0.29, 0.717) is 24.3 Å². The van der Waals surface area contributed by atoms with E-state index in [4.69, 9.17) is 25.7 Å². The zero-order valence-corrected chi connectivity index (χ0v) is 19.7. The Balaban J connectivity index is 0.000000636. The fourth-order valence-corrected chi connectivity index (χ4v) is 4.73. The number of hydrogen-bond acceptors (Lipinski definition) is 5. The summed E-state index contributed by atoms with van der Waals surface area (Å²) in [6.07, 6.45) is 3.76. The Morgan fingerprint density at radius 1 is 1.03 bits per heavy atom. The molecule has 0 radical (unpaired) electrons. The third-order valence-electron chi connectivity index (χ3n) is 5.84. The largest absolute Gasteiger partial charge is 0.503 e. The number of nitrogens with zero attached hydrogens (tertiary/aromatic N) is 4. The van der Waals surface area contributed by atoms with Crippen LogP contribution in [0.4, 0.5) is 15.0 Å². The molecule has 10 heteroatoms. The van der Waals surface area contributed by atoms with Gasteiger partial charge in [-0.2, -0.15) is 9.61 Å². The number of halogens is 2. The van der Waals surface area contributed by atoms with Crippen LogP contribution >= 0.6 is 15.9 Å². The summed E-state index contributed by atoms with van der Waals surface area (Å²) in [5.74, 6) is 0.706. The number of anilines is 1. The summed E-state index contributed by atoms with van der Waals surface area (Å²) in [6, 6.07) is 14.1. The number of aromatic nitrogens is 4. The van der Waals surface area contributed by atoms with Crippen molar-refractivity contribution in [2.75, 3.05) is 5.73 Å². The molecule has 3 aromatic heterocycles. The number of carboxylic acid groups (broad SMARTS) is 2. The Hall–Kier alpha value is -3.53. The second kappa shape index (κ2) is 10.2. The van der Waals surface area contributed by atoms with Crippen molar-refractivity contribution in [3.8, 4) is 22.4 Å². The van der Waals surface area contributed by atoms with Gasteiger partial charge in [0.25, 0.3) is 0 Å². The number of fused-ring (bicyclic) bond motifs is 1. The number of nitrogen functional groups attached to an aromatic ring is 1. The lowest BCUT2D eigenvalue weighted by atomic mass is 9.86. The molecule has 176 valence electrons. The first-order valence-electron chi connectivity index (χ1n) is 10.8. The van der Waals surface area contributed by atoms with Crippen LogP contribution in [0.25, 0.3) is 28.0 Å². The molecule has 34 heavy (non-hydrogen) atoms. The number of pyridine rings is 1. The number of hydrogen-bond donors (Lipinski definition) is 3. The van der Waals surface area contributed by atoms with Gasteiger partial charge >= 0.3 is 6.16 Å². The van der Waals surface area contributed by atoms with E-state index >= 15 is 0 Å². The topological polar surface area (TPSA) is 127 Å². The SMILES string of the molecule is Nc1c(Br)c(C2CCC(F)CC2)nc2c(-c3ccc(-c4ccccc4)nc3)cnn12.O=C(O)O. The van der Waals surface area contributed by atoms with E-state index in [2.05, 4.69) is 26.0 Å². The molecule has 3 heterocycles. The van der Waals surface area contributed by atoms with Gasteiger partial charge in [0.15, 0.2) is 5.65 Å². The number of rotatable bonds is 3. The van der Waals surface area contributed by atoms with Crippen LogP contribution in [0.15, 0.2) is 59.3 Å². The molecule has 1 aliphatic carbocycles. The molecule has 0 saturated heterocycles. The van der Waals surface area contributed by atoms with Crippen LogP contribution in [-0.2, 0) is 0 Å². The number of alkyl halides is 1. The lowest BCUT2D eigenvalue weighted by molar-refractivity contribution is 0.137. The first-order chi connectivity index (χ1) is 16.3. The molecule has 0 bridgehead atoms. The maximum atomic E-state index is 13.6. The Morgan fingerprint density at radius 2 is 1.71 bits per heavy atom. The Bertz CT molecular complexity index is 1290. The normalized spacial score (nSPS) is 17.7. The molecule has 1 fully saturated rings. The lowest BCUT2D eigenvalue weighted by Crippen LogP contribution is -2.16. The molecule has 4 aromatic rings. The van der Waals surface area contributed by atoms with Gasteiger partial charge in [-0.25, -0.2) is 14.2 Å². The van der Waals surface area contributed by atoms with Crippen LogP contribution in [-0.4, -0.2) is 42.1 Å².